The minimum atomic E-state index is -0.807. The van der Waals surface area contributed by atoms with Crippen molar-refractivity contribution >= 4 is 17.4 Å². The molecule has 10 heavy (non-hydrogen) atoms. The first-order valence-electron chi connectivity index (χ1n) is 3.46. The number of nitrogens with two attached hydrogens (primary N) is 1. The van der Waals surface area contributed by atoms with Gasteiger partial charge in [-0.2, -0.15) is 0 Å². The molecule has 1 atom stereocenters. The van der Waals surface area contributed by atoms with Crippen LogP contribution in [-0.4, -0.2) is 11.3 Å². The lowest BCUT2D eigenvalue weighted by Crippen LogP contribution is -2.23. The number of carbonyl (C=O) groups excluding carboxylic acids is 1. The molecule has 0 aliphatic heterocycles. The van der Waals surface area contributed by atoms with E-state index in [-0.39, 0.29) is 5.78 Å². The third kappa shape index (κ3) is 4.77. The van der Waals surface area contributed by atoms with Crippen LogP contribution >= 0.6 is 11.6 Å². The van der Waals surface area contributed by atoms with E-state index in [9.17, 15) is 4.79 Å². The van der Waals surface area contributed by atoms with Gasteiger partial charge in [-0.15, -0.1) is 0 Å². The van der Waals surface area contributed by atoms with Crippen LogP contribution in [-0.2, 0) is 4.79 Å². The van der Waals surface area contributed by atoms with Crippen LogP contribution in [0.15, 0.2) is 0 Å². The van der Waals surface area contributed by atoms with Crippen molar-refractivity contribution in [3.05, 3.63) is 0 Å². The van der Waals surface area contributed by atoms with E-state index in [0.717, 1.165) is 6.42 Å². The molecular formula is C7H14ClNO. The zero-order valence-electron chi connectivity index (χ0n) is 6.43. The van der Waals surface area contributed by atoms with Gasteiger partial charge in [0.1, 0.15) is 5.50 Å². The van der Waals surface area contributed by atoms with Crippen LogP contribution < -0.4 is 5.73 Å². The maximum Gasteiger partial charge on any atom is 0.164 e. The molecule has 0 amide bonds. The molecule has 0 aromatic carbocycles. The highest BCUT2D eigenvalue weighted by Gasteiger charge is 2.09. The molecule has 0 fully saturated rings. The molecule has 60 valence electrons. The van der Waals surface area contributed by atoms with E-state index in [0.29, 0.717) is 12.3 Å². The lowest BCUT2D eigenvalue weighted by atomic mass is 10.1. The molecule has 0 rings (SSSR count). The molecule has 2 nitrogen and oxygen atoms in total. The maximum absolute atomic E-state index is 10.8. The van der Waals surface area contributed by atoms with Crippen molar-refractivity contribution in [1.82, 2.24) is 0 Å². The van der Waals surface area contributed by atoms with E-state index < -0.39 is 5.50 Å². The molecule has 0 aliphatic carbocycles. The molecule has 2 N–H and O–H groups in total. The standard InChI is InChI=1S/C7H14ClNO/c1-5(2)3-4-6(10)7(8)9/h5,7H,3-4,9H2,1-2H3. The molecule has 0 heterocycles. The predicted octanol–water partition coefficient (Wildman–Crippen LogP) is 1.52. The number of hydrogen-bond donors (Lipinski definition) is 1. The first kappa shape index (κ1) is 9.92. The van der Waals surface area contributed by atoms with E-state index in [4.69, 9.17) is 17.3 Å². The Hall–Kier alpha value is -0.0800. The summed E-state index contributed by atoms with van der Waals surface area (Å²) in [7, 11) is 0. The maximum atomic E-state index is 10.8. The Morgan fingerprint density at radius 3 is 2.40 bits per heavy atom. The van der Waals surface area contributed by atoms with Crippen molar-refractivity contribution in [2.24, 2.45) is 11.7 Å². The van der Waals surface area contributed by atoms with Crippen LogP contribution in [0, 0.1) is 5.92 Å². The average molecular weight is 164 g/mol. The van der Waals surface area contributed by atoms with Gasteiger partial charge in [0.15, 0.2) is 5.78 Å². The van der Waals surface area contributed by atoms with Gasteiger partial charge in [0, 0.05) is 6.42 Å². The summed E-state index contributed by atoms with van der Waals surface area (Å²) in [6, 6.07) is 0. The van der Waals surface area contributed by atoms with E-state index in [2.05, 4.69) is 13.8 Å². The van der Waals surface area contributed by atoms with Gasteiger partial charge in [0.2, 0.25) is 0 Å². The number of alkyl halides is 1. The van der Waals surface area contributed by atoms with Crippen molar-refractivity contribution < 1.29 is 4.79 Å². The molecule has 0 spiro atoms. The van der Waals surface area contributed by atoms with Crippen molar-refractivity contribution in [2.75, 3.05) is 0 Å². The minimum absolute atomic E-state index is 0.0598. The third-order valence-electron chi connectivity index (χ3n) is 1.28. The van der Waals surface area contributed by atoms with Crippen molar-refractivity contribution in [2.45, 2.75) is 32.2 Å². The van der Waals surface area contributed by atoms with E-state index in [1.54, 1.807) is 0 Å². The highest BCUT2D eigenvalue weighted by atomic mass is 35.5. The molecule has 0 aliphatic rings. The zero-order valence-corrected chi connectivity index (χ0v) is 7.19. The van der Waals surface area contributed by atoms with Gasteiger partial charge in [0.05, 0.1) is 0 Å². The minimum Gasteiger partial charge on any atom is -0.309 e. The highest BCUT2D eigenvalue weighted by molar-refractivity contribution is 6.30. The molecule has 0 bridgehead atoms. The van der Waals surface area contributed by atoms with E-state index in [1.807, 2.05) is 0 Å². The number of hydrogen-bond acceptors (Lipinski definition) is 2. The molecule has 3 heteroatoms. The number of ketones is 1. The summed E-state index contributed by atoms with van der Waals surface area (Å²) in [6.07, 6.45) is 1.38. The average Bonchev–Trinajstić information content (AvgIpc) is 1.82. The summed E-state index contributed by atoms with van der Waals surface area (Å²) in [5.41, 5.74) is 4.33. The number of Topliss-reactive ketones (excluding diaryl/α,β-unsaturated/α-hetero) is 1. The summed E-state index contributed by atoms with van der Waals surface area (Å²) >= 11 is 5.34. The van der Waals surface area contributed by atoms with Gasteiger partial charge in [0.25, 0.3) is 0 Å². The molecule has 0 saturated heterocycles. The molecule has 0 saturated carbocycles. The fourth-order valence-electron chi connectivity index (χ4n) is 0.569. The molecule has 0 aromatic heterocycles. The monoisotopic (exact) mass is 163 g/mol. The Labute approximate surface area is 66.7 Å². The van der Waals surface area contributed by atoms with E-state index >= 15 is 0 Å². The first-order chi connectivity index (χ1) is 4.54. The fourth-order valence-corrected chi connectivity index (χ4v) is 0.678. The summed E-state index contributed by atoms with van der Waals surface area (Å²) in [5, 5.41) is 0. The van der Waals surface area contributed by atoms with Crippen molar-refractivity contribution in [3.63, 3.8) is 0 Å². The summed E-state index contributed by atoms with van der Waals surface area (Å²) in [5.74, 6) is 0.481. The molecular weight excluding hydrogens is 150 g/mol. The zero-order chi connectivity index (χ0) is 8.15. The molecule has 0 aromatic rings. The van der Waals surface area contributed by atoms with Crippen LogP contribution in [0.1, 0.15) is 26.7 Å². The Morgan fingerprint density at radius 2 is 2.10 bits per heavy atom. The second-order valence-electron chi connectivity index (χ2n) is 2.80. The third-order valence-corrected chi connectivity index (χ3v) is 1.52. The quantitative estimate of drug-likeness (QED) is 0.505. The Morgan fingerprint density at radius 1 is 1.60 bits per heavy atom. The lowest BCUT2D eigenvalue weighted by molar-refractivity contribution is -0.118. The van der Waals surface area contributed by atoms with Gasteiger partial charge >= 0.3 is 0 Å². The second kappa shape index (κ2) is 4.69. The largest absolute Gasteiger partial charge is 0.309 e. The van der Waals surface area contributed by atoms with Crippen LogP contribution in [0.5, 0.6) is 0 Å². The van der Waals surface area contributed by atoms with Gasteiger partial charge < -0.3 is 5.73 Å². The summed E-state index contributed by atoms with van der Waals surface area (Å²) in [4.78, 5) is 10.8. The first-order valence-corrected chi connectivity index (χ1v) is 3.90. The normalized spacial score (nSPS) is 13.7. The van der Waals surface area contributed by atoms with Crippen LogP contribution in [0.25, 0.3) is 0 Å². The van der Waals surface area contributed by atoms with Gasteiger partial charge in [-0.3, -0.25) is 4.79 Å². The number of rotatable bonds is 4. The molecule has 0 radical (unpaired) electrons. The molecule has 1 unspecified atom stereocenters. The van der Waals surface area contributed by atoms with Gasteiger partial charge in [-0.05, 0) is 12.3 Å². The van der Waals surface area contributed by atoms with Crippen LogP contribution in [0.3, 0.4) is 0 Å². The predicted molar refractivity (Wildman–Crippen MR) is 42.9 cm³/mol. The number of carbonyl (C=O) groups is 1. The van der Waals surface area contributed by atoms with Gasteiger partial charge in [-0.25, -0.2) is 0 Å². The summed E-state index contributed by atoms with van der Waals surface area (Å²) < 4.78 is 0. The second-order valence-corrected chi connectivity index (χ2v) is 3.27. The highest BCUT2D eigenvalue weighted by Crippen LogP contribution is 2.05. The summed E-state index contributed by atoms with van der Waals surface area (Å²) in [6.45, 7) is 4.13. The van der Waals surface area contributed by atoms with Crippen molar-refractivity contribution in [3.8, 4) is 0 Å². The topological polar surface area (TPSA) is 43.1 Å². The van der Waals surface area contributed by atoms with Gasteiger partial charge in [-0.1, -0.05) is 25.4 Å². The lowest BCUT2D eigenvalue weighted by Gasteiger charge is -2.04. The van der Waals surface area contributed by atoms with Crippen LogP contribution in [0.4, 0.5) is 0 Å². The Bertz CT molecular complexity index is 112. The fraction of sp³-hybridized carbons (Fsp3) is 0.857. The van der Waals surface area contributed by atoms with E-state index in [1.165, 1.54) is 0 Å². The van der Waals surface area contributed by atoms with Crippen LogP contribution in [0.2, 0.25) is 0 Å². The Balaban J connectivity index is 3.40. The SMILES string of the molecule is CC(C)CCC(=O)C(N)Cl. The Kier molecular flexibility index (Phi) is 4.65. The van der Waals surface area contributed by atoms with Crippen molar-refractivity contribution in [1.29, 1.82) is 0 Å². The number of halogens is 1. The smallest absolute Gasteiger partial charge is 0.164 e.